The van der Waals surface area contributed by atoms with Crippen molar-refractivity contribution in [2.24, 2.45) is 0 Å². The van der Waals surface area contributed by atoms with Gasteiger partial charge in [0.15, 0.2) is 0 Å². The molecule has 1 unspecified atom stereocenters. The number of fused-ring (bicyclic) bond motifs is 1. The molecular weight excluding hydrogens is 494 g/mol. The van der Waals surface area contributed by atoms with E-state index in [1.165, 1.54) is 4.90 Å². The first-order chi connectivity index (χ1) is 18.2. The maximum absolute atomic E-state index is 12.9. The zero-order chi connectivity index (χ0) is 27.5. The van der Waals surface area contributed by atoms with Crippen molar-refractivity contribution in [1.82, 2.24) is 15.5 Å². The molecule has 11 nitrogen and oxygen atoms in total. The van der Waals surface area contributed by atoms with Crippen LogP contribution in [-0.4, -0.2) is 86.5 Å². The van der Waals surface area contributed by atoms with Gasteiger partial charge in [0.2, 0.25) is 11.8 Å². The molecule has 3 rings (SSSR count). The lowest BCUT2D eigenvalue weighted by molar-refractivity contribution is -0.136. The summed E-state index contributed by atoms with van der Waals surface area (Å²) in [6, 6.07) is 4.66. The SMILES string of the molecule is CC(C)(C)NC(=O)OCCOCCOCCOCC#Cc1cccc2c1CN(C1CCC(=O)NC1=O)C2=O. The molecule has 0 bridgehead atoms. The van der Waals surface area contributed by atoms with Crippen LogP contribution in [0.4, 0.5) is 4.79 Å². The van der Waals surface area contributed by atoms with Gasteiger partial charge < -0.3 is 29.2 Å². The number of rotatable bonds is 11. The zero-order valence-electron chi connectivity index (χ0n) is 22.1. The van der Waals surface area contributed by atoms with E-state index in [0.29, 0.717) is 44.0 Å². The predicted molar refractivity (Wildman–Crippen MR) is 136 cm³/mol. The average Bonchev–Trinajstić information content (AvgIpc) is 3.18. The van der Waals surface area contributed by atoms with Crippen molar-refractivity contribution >= 4 is 23.8 Å². The zero-order valence-corrected chi connectivity index (χ0v) is 22.1. The number of piperidine rings is 1. The van der Waals surface area contributed by atoms with E-state index in [1.807, 2.05) is 26.8 Å². The fourth-order valence-corrected chi connectivity index (χ4v) is 3.93. The number of carbonyl (C=O) groups is 4. The first kappa shape index (κ1) is 29.1. The van der Waals surface area contributed by atoms with E-state index in [0.717, 1.165) is 5.56 Å². The fraction of sp³-hybridized carbons (Fsp3) is 0.556. The molecule has 2 N–H and O–H groups in total. The minimum Gasteiger partial charge on any atom is -0.447 e. The van der Waals surface area contributed by atoms with Gasteiger partial charge in [-0.05, 0) is 44.9 Å². The third kappa shape index (κ3) is 8.83. The molecule has 2 aliphatic rings. The van der Waals surface area contributed by atoms with Gasteiger partial charge in [-0.15, -0.1) is 0 Å². The molecule has 2 heterocycles. The van der Waals surface area contributed by atoms with Crippen molar-refractivity contribution in [3.8, 4) is 11.8 Å². The normalized spacial score (nSPS) is 17.0. The molecular formula is C27H35N3O8. The monoisotopic (exact) mass is 529 g/mol. The highest BCUT2D eigenvalue weighted by atomic mass is 16.6. The van der Waals surface area contributed by atoms with E-state index < -0.39 is 18.0 Å². The Morgan fingerprint density at radius 2 is 1.74 bits per heavy atom. The van der Waals surface area contributed by atoms with Gasteiger partial charge in [-0.2, -0.15) is 0 Å². The Balaban J connectivity index is 1.29. The predicted octanol–water partition coefficient (Wildman–Crippen LogP) is 1.37. The number of hydrogen-bond acceptors (Lipinski definition) is 8. The third-order valence-corrected chi connectivity index (χ3v) is 5.66. The molecule has 206 valence electrons. The summed E-state index contributed by atoms with van der Waals surface area (Å²) >= 11 is 0. The lowest BCUT2D eigenvalue weighted by Crippen LogP contribution is -2.52. The van der Waals surface area contributed by atoms with Gasteiger partial charge in [0, 0.05) is 29.6 Å². The molecule has 1 atom stereocenters. The molecule has 0 aliphatic carbocycles. The third-order valence-electron chi connectivity index (χ3n) is 5.66. The number of hydrogen-bond donors (Lipinski definition) is 2. The Morgan fingerprint density at radius 1 is 1.05 bits per heavy atom. The Labute approximate surface area is 222 Å². The van der Waals surface area contributed by atoms with Crippen LogP contribution < -0.4 is 10.6 Å². The van der Waals surface area contributed by atoms with Gasteiger partial charge in [0.05, 0.1) is 33.0 Å². The van der Waals surface area contributed by atoms with Crippen LogP contribution in [0.5, 0.6) is 0 Å². The van der Waals surface area contributed by atoms with Gasteiger partial charge in [-0.3, -0.25) is 19.7 Å². The van der Waals surface area contributed by atoms with E-state index in [2.05, 4.69) is 22.5 Å². The molecule has 1 fully saturated rings. The average molecular weight is 530 g/mol. The Hall–Kier alpha value is -3.46. The van der Waals surface area contributed by atoms with Crippen LogP contribution in [0, 0.1) is 11.8 Å². The van der Waals surface area contributed by atoms with Crippen molar-refractivity contribution in [1.29, 1.82) is 0 Å². The molecule has 2 aliphatic heterocycles. The van der Waals surface area contributed by atoms with Gasteiger partial charge >= 0.3 is 6.09 Å². The molecule has 0 saturated carbocycles. The van der Waals surface area contributed by atoms with Gasteiger partial charge in [0.25, 0.3) is 5.91 Å². The maximum Gasteiger partial charge on any atom is 0.407 e. The summed E-state index contributed by atoms with van der Waals surface area (Å²) in [5.41, 5.74) is 1.67. The van der Waals surface area contributed by atoms with Crippen molar-refractivity contribution in [3.63, 3.8) is 0 Å². The van der Waals surface area contributed by atoms with E-state index in [4.69, 9.17) is 18.9 Å². The second-order valence-corrected chi connectivity index (χ2v) is 9.82. The summed E-state index contributed by atoms with van der Waals surface area (Å²) in [7, 11) is 0. The lowest BCUT2D eigenvalue weighted by Gasteiger charge is -2.29. The number of benzene rings is 1. The van der Waals surface area contributed by atoms with Crippen molar-refractivity contribution in [2.75, 3.05) is 46.2 Å². The van der Waals surface area contributed by atoms with Gasteiger partial charge in [0.1, 0.15) is 19.3 Å². The van der Waals surface area contributed by atoms with Crippen LogP contribution >= 0.6 is 0 Å². The van der Waals surface area contributed by atoms with Crippen LogP contribution in [0.25, 0.3) is 0 Å². The summed E-state index contributed by atoms with van der Waals surface area (Å²) in [6.45, 7) is 8.04. The van der Waals surface area contributed by atoms with Crippen molar-refractivity contribution < 1.29 is 38.1 Å². The topological polar surface area (TPSA) is 132 Å². The molecule has 0 spiro atoms. The molecule has 38 heavy (non-hydrogen) atoms. The lowest BCUT2D eigenvalue weighted by atomic mass is 10.0. The first-order valence-corrected chi connectivity index (χ1v) is 12.6. The number of nitrogens with zero attached hydrogens (tertiary/aromatic N) is 1. The van der Waals surface area contributed by atoms with Crippen molar-refractivity contribution in [3.05, 3.63) is 34.9 Å². The van der Waals surface area contributed by atoms with Crippen LogP contribution in [0.3, 0.4) is 0 Å². The Kier molecular flexibility index (Phi) is 10.6. The number of carbonyl (C=O) groups excluding carboxylic acids is 4. The quantitative estimate of drug-likeness (QED) is 0.250. The molecule has 1 aromatic carbocycles. The standard InChI is InChI=1S/C27H35N3O8/c1-27(2,3)29-26(34)38-17-16-37-15-14-36-13-12-35-11-5-7-19-6-4-8-20-21(19)18-30(25(20)33)22-9-10-23(31)28-24(22)32/h4,6,8,22H,9-18H2,1-3H3,(H,29,34)(H,28,31,32). The van der Waals surface area contributed by atoms with Crippen LogP contribution in [0.15, 0.2) is 18.2 Å². The summed E-state index contributed by atoms with van der Waals surface area (Å²) in [5.74, 6) is 5.02. The van der Waals surface area contributed by atoms with Gasteiger partial charge in [-0.1, -0.05) is 17.9 Å². The summed E-state index contributed by atoms with van der Waals surface area (Å²) < 4.78 is 21.3. The van der Waals surface area contributed by atoms with Crippen LogP contribution in [-0.2, 0) is 35.1 Å². The minimum atomic E-state index is -0.657. The van der Waals surface area contributed by atoms with Crippen LogP contribution in [0.2, 0.25) is 0 Å². The molecule has 1 aromatic rings. The highest BCUT2D eigenvalue weighted by Gasteiger charge is 2.39. The Bertz CT molecular complexity index is 1090. The smallest absolute Gasteiger partial charge is 0.407 e. The van der Waals surface area contributed by atoms with E-state index in [-0.39, 0.29) is 50.1 Å². The number of amides is 4. The molecule has 0 aromatic heterocycles. The van der Waals surface area contributed by atoms with E-state index in [9.17, 15) is 19.2 Å². The highest BCUT2D eigenvalue weighted by molar-refractivity contribution is 6.05. The molecule has 11 heteroatoms. The molecule has 0 radical (unpaired) electrons. The maximum atomic E-state index is 12.9. The highest BCUT2D eigenvalue weighted by Crippen LogP contribution is 2.29. The molecule has 1 saturated heterocycles. The second kappa shape index (κ2) is 13.9. The number of alkyl carbamates (subject to hydrolysis) is 1. The minimum absolute atomic E-state index is 0.164. The summed E-state index contributed by atoms with van der Waals surface area (Å²) in [4.78, 5) is 49.5. The van der Waals surface area contributed by atoms with E-state index in [1.54, 1.807) is 12.1 Å². The largest absolute Gasteiger partial charge is 0.447 e. The number of ether oxygens (including phenoxy) is 4. The fourth-order valence-electron chi connectivity index (χ4n) is 3.93. The van der Waals surface area contributed by atoms with Gasteiger partial charge in [-0.25, -0.2) is 4.79 Å². The summed E-state index contributed by atoms with van der Waals surface area (Å²) in [5, 5.41) is 5.00. The molecule has 4 amide bonds. The Morgan fingerprint density at radius 3 is 2.42 bits per heavy atom. The van der Waals surface area contributed by atoms with Crippen molar-refractivity contribution in [2.45, 2.75) is 51.7 Å². The van der Waals surface area contributed by atoms with Crippen LogP contribution in [0.1, 0.15) is 55.1 Å². The first-order valence-electron chi connectivity index (χ1n) is 12.6. The van der Waals surface area contributed by atoms with E-state index >= 15 is 0 Å². The number of imide groups is 1. The summed E-state index contributed by atoms with van der Waals surface area (Å²) in [6.07, 6.45) is 0.0551. The number of nitrogens with one attached hydrogen (secondary N) is 2. The second-order valence-electron chi connectivity index (χ2n) is 9.82.